The third-order valence-corrected chi connectivity index (χ3v) is 6.78. The molecular formula is C19H21IO4. The van der Waals surface area contributed by atoms with E-state index in [1.807, 2.05) is 18.2 Å². The number of hydrogen-bond donors (Lipinski definition) is 0. The van der Waals surface area contributed by atoms with Gasteiger partial charge in [0.05, 0.1) is 14.2 Å². The molecule has 1 aromatic carbocycles. The van der Waals surface area contributed by atoms with Crippen LogP contribution in [0.25, 0.3) is 3.58 Å². The van der Waals surface area contributed by atoms with E-state index in [2.05, 4.69) is 34.7 Å². The van der Waals surface area contributed by atoms with E-state index in [9.17, 15) is 9.59 Å². The summed E-state index contributed by atoms with van der Waals surface area (Å²) < 4.78 is 11.1. The fourth-order valence-electron chi connectivity index (χ4n) is 4.28. The number of carbonyl (C=O) groups is 2. The highest BCUT2D eigenvalue weighted by Gasteiger charge is 2.58. The number of carbonyl (C=O) groups excluding carboxylic acids is 2. The van der Waals surface area contributed by atoms with Crippen LogP contribution in [0, 0.1) is 17.3 Å². The van der Waals surface area contributed by atoms with Crippen molar-refractivity contribution >= 4 is 38.1 Å². The molecule has 2 aliphatic rings. The van der Waals surface area contributed by atoms with Crippen molar-refractivity contribution in [3.8, 4) is 0 Å². The topological polar surface area (TPSA) is 52.6 Å². The summed E-state index contributed by atoms with van der Waals surface area (Å²) >= 11 is 2.42. The van der Waals surface area contributed by atoms with Crippen LogP contribution in [0.2, 0.25) is 0 Å². The van der Waals surface area contributed by atoms with Gasteiger partial charge < -0.3 is 9.47 Å². The molecule has 2 atom stereocenters. The molecule has 0 unspecified atom stereocenters. The SMILES string of the molecule is COC(=O)C1(C(=O)OC)C[C@H]2CC(=C(I)c3ccccc3)C[C@H]2C1. The average Bonchev–Trinajstić information content (AvgIpc) is 3.17. The van der Waals surface area contributed by atoms with Crippen LogP contribution in [0.3, 0.4) is 0 Å². The summed E-state index contributed by atoms with van der Waals surface area (Å²) in [7, 11) is 2.68. The fraction of sp³-hybridized carbons (Fsp3) is 0.474. The molecule has 0 saturated heterocycles. The molecule has 5 heteroatoms. The van der Waals surface area contributed by atoms with Crippen molar-refractivity contribution in [3.05, 3.63) is 41.5 Å². The molecule has 0 bridgehead atoms. The van der Waals surface area contributed by atoms with Crippen molar-refractivity contribution in [1.82, 2.24) is 0 Å². The third kappa shape index (κ3) is 2.87. The lowest BCUT2D eigenvalue weighted by atomic mass is 9.83. The fourth-order valence-corrected chi connectivity index (χ4v) is 5.08. The second kappa shape index (κ2) is 6.86. The van der Waals surface area contributed by atoms with E-state index in [0.29, 0.717) is 24.7 Å². The third-order valence-electron chi connectivity index (χ3n) is 5.40. The van der Waals surface area contributed by atoms with Gasteiger partial charge >= 0.3 is 11.9 Å². The first-order chi connectivity index (χ1) is 11.5. The highest BCUT2D eigenvalue weighted by molar-refractivity contribution is 14.1. The van der Waals surface area contributed by atoms with E-state index in [-0.39, 0.29) is 0 Å². The van der Waals surface area contributed by atoms with Gasteiger partial charge in [-0.25, -0.2) is 0 Å². The van der Waals surface area contributed by atoms with E-state index in [0.717, 1.165) is 12.8 Å². The Morgan fingerprint density at radius 3 is 1.96 bits per heavy atom. The van der Waals surface area contributed by atoms with Gasteiger partial charge in [0.25, 0.3) is 0 Å². The van der Waals surface area contributed by atoms with Gasteiger partial charge in [-0.1, -0.05) is 35.9 Å². The molecular weight excluding hydrogens is 419 g/mol. The molecule has 24 heavy (non-hydrogen) atoms. The van der Waals surface area contributed by atoms with Gasteiger partial charge in [-0.2, -0.15) is 0 Å². The zero-order valence-electron chi connectivity index (χ0n) is 13.9. The molecule has 0 radical (unpaired) electrons. The highest BCUT2D eigenvalue weighted by atomic mass is 127. The van der Waals surface area contributed by atoms with Crippen LogP contribution in [0.4, 0.5) is 0 Å². The first-order valence-electron chi connectivity index (χ1n) is 8.11. The molecule has 2 fully saturated rings. The van der Waals surface area contributed by atoms with E-state index >= 15 is 0 Å². The Kier molecular flexibility index (Phi) is 4.99. The molecule has 128 valence electrons. The van der Waals surface area contributed by atoms with Crippen molar-refractivity contribution in [2.24, 2.45) is 17.3 Å². The minimum Gasteiger partial charge on any atom is -0.468 e. The number of halogens is 1. The maximum Gasteiger partial charge on any atom is 0.323 e. The number of ether oxygens (including phenoxy) is 2. The van der Waals surface area contributed by atoms with Crippen LogP contribution in [0.15, 0.2) is 35.9 Å². The molecule has 0 heterocycles. The van der Waals surface area contributed by atoms with Crippen LogP contribution in [0.5, 0.6) is 0 Å². The molecule has 0 spiro atoms. The van der Waals surface area contributed by atoms with Crippen LogP contribution in [-0.4, -0.2) is 26.2 Å². The Bertz CT molecular complexity index is 646. The minimum atomic E-state index is -1.11. The van der Waals surface area contributed by atoms with Crippen LogP contribution < -0.4 is 0 Å². The Balaban J connectivity index is 1.82. The van der Waals surface area contributed by atoms with Gasteiger partial charge in [-0.15, -0.1) is 0 Å². The van der Waals surface area contributed by atoms with Crippen molar-refractivity contribution in [1.29, 1.82) is 0 Å². The number of methoxy groups -OCH3 is 2. The summed E-state index contributed by atoms with van der Waals surface area (Å²) in [6, 6.07) is 10.3. The Hall–Kier alpha value is -1.37. The number of allylic oxidation sites excluding steroid dienone is 1. The molecule has 2 aliphatic carbocycles. The first-order valence-corrected chi connectivity index (χ1v) is 9.19. The monoisotopic (exact) mass is 440 g/mol. The zero-order chi connectivity index (χ0) is 17.3. The Morgan fingerprint density at radius 1 is 1.00 bits per heavy atom. The maximum atomic E-state index is 12.3. The molecule has 0 N–H and O–H groups in total. The van der Waals surface area contributed by atoms with Crippen LogP contribution >= 0.6 is 22.6 Å². The predicted octanol–water partition coefficient (Wildman–Crippen LogP) is 3.99. The van der Waals surface area contributed by atoms with Gasteiger partial charge in [-0.3, -0.25) is 9.59 Å². The van der Waals surface area contributed by atoms with E-state index in [4.69, 9.17) is 9.47 Å². The van der Waals surface area contributed by atoms with Crippen molar-refractivity contribution < 1.29 is 19.1 Å². The summed E-state index contributed by atoms with van der Waals surface area (Å²) in [6.45, 7) is 0. The highest BCUT2D eigenvalue weighted by Crippen LogP contribution is 2.57. The van der Waals surface area contributed by atoms with Gasteiger partial charge in [-0.05, 0) is 65.7 Å². The predicted molar refractivity (Wildman–Crippen MR) is 99.3 cm³/mol. The Labute approximate surface area is 155 Å². The molecule has 4 nitrogen and oxygen atoms in total. The van der Waals surface area contributed by atoms with Crippen molar-refractivity contribution in [3.63, 3.8) is 0 Å². The lowest BCUT2D eigenvalue weighted by Gasteiger charge is -2.24. The average molecular weight is 440 g/mol. The van der Waals surface area contributed by atoms with E-state index in [1.165, 1.54) is 28.9 Å². The smallest absolute Gasteiger partial charge is 0.323 e. The van der Waals surface area contributed by atoms with E-state index in [1.54, 1.807) is 0 Å². The number of hydrogen-bond acceptors (Lipinski definition) is 4. The maximum absolute atomic E-state index is 12.3. The molecule has 2 saturated carbocycles. The summed E-state index contributed by atoms with van der Waals surface area (Å²) in [5, 5.41) is 0. The normalized spacial score (nSPS) is 26.6. The summed E-state index contributed by atoms with van der Waals surface area (Å²) in [5.74, 6) is -0.225. The zero-order valence-corrected chi connectivity index (χ0v) is 16.0. The molecule has 0 amide bonds. The van der Waals surface area contributed by atoms with Gasteiger partial charge in [0.1, 0.15) is 0 Å². The number of esters is 2. The lowest BCUT2D eigenvalue weighted by molar-refractivity contribution is -0.169. The van der Waals surface area contributed by atoms with Gasteiger partial charge in [0, 0.05) is 3.58 Å². The number of rotatable bonds is 3. The van der Waals surface area contributed by atoms with Crippen LogP contribution in [0.1, 0.15) is 31.2 Å². The van der Waals surface area contributed by atoms with Gasteiger partial charge in [0.15, 0.2) is 5.41 Å². The summed E-state index contributed by atoms with van der Waals surface area (Å²) in [4.78, 5) is 24.5. The summed E-state index contributed by atoms with van der Waals surface area (Å²) in [6.07, 6.45) is 2.93. The van der Waals surface area contributed by atoms with Gasteiger partial charge in [0.2, 0.25) is 0 Å². The Morgan fingerprint density at radius 2 is 1.50 bits per heavy atom. The minimum absolute atomic E-state index is 0.340. The molecule has 0 aliphatic heterocycles. The second-order valence-electron chi connectivity index (χ2n) is 6.69. The van der Waals surface area contributed by atoms with Crippen LogP contribution in [-0.2, 0) is 19.1 Å². The molecule has 1 aromatic rings. The van der Waals surface area contributed by atoms with E-state index < -0.39 is 17.4 Å². The number of benzene rings is 1. The van der Waals surface area contributed by atoms with Crippen molar-refractivity contribution in [2.75, 3.05) is 14.2 Å². The van der Waals surface area contributed by atoms with Crippen molar-refractivity contribution in [2.45, 2.75) is 25.7 Å². The molecule has 3 rings (SSSR count). The summed E-state index contributed by atoms with van der Waals surface area (Å²) in [5.41, 5.74) is 1.56. The molecule has 0 aromatic heterocycles. The quantitative estimate of drug-likeness (QED) is 0.406. The lowest BCUT2D eigenvalue weighted by Crippen LogP contribution is -2.39. The first kappa shape index (κ1) is 17.5. The largest absolute Gasteiger partial charge is 0.468 e. The number of fused-ring (bicyclic) bond motifs is 1. The second-order valence-corrected chi connectivity index (χ2v) is 7.76. The standard InChI is InChI=1S/C19H21IO4/c1-23-17(21)19(18(22)24-2)10-14-8-13(9-15(14)11-19)16(20)12-6-4-3-5-7-12/h3-7,14-15H,8-11H2,1-2H3/t14-,15+.